The van der Waals surface area contributed by atoms with E-state index in [0.717, 1.165) is 12.0 Å². The molecular weight excluding hydrogens is 411 g/mol. The van der Waals surface area contributed by atoms with Gasteiger partial charge in [-0.3, -0.25) is 4.79 Å². The van der Waals surface area contributed by atoms with Gasteiger partial charge >= 0.3 is 0 Å². The summed E-state index contributed by atoms with van der Waals surface area (Å²) in [4.78, 5) is 12.6. The molecular formula is C22H22Cl2N2O3. The fourth-order valence-corrected chi connectivity index (χ4v) is 2.91. The number of nitriles is 1. The summed E-state index contributed by atoms with van der Waals surface area (Å²) >= 11 is 12.4. The first kappa shape index (κ1) is 22.6. The van der Waals surface area contributed by atoms with Gasteiger partial charge in [-0.05, 0) is 61.7 Å². The zero-order chi connectivity index (χ0) is 21.6. The minimum absolute atomic E-state index is 0.0378. The molecule has 29 heavy (non-hydrogen) atoms. The van der Waals surface area contributed by atoms with Crippen LogP contribution in [0.5, 0.6) is 11.5 Å². The standard InChI is InChI=1S/C22H22Cl2N2O3/c1-5-13(2)29-21-18(24)10-15(11-20(21)28-4)9-16(12-25)22(27)26-19-8-6-7-17(23)14(19)3/h6-11,13H,5H2,1-4H3,(H,26,27)/b16-9-/t13-/m1/s1. The highest BCUT2D eigenvalue weighted by molar-refractivity contribution is 6.32. The van der Waals surface area contributed by atoms with Crippen molar-refractivity contribution in [2.45, 2.75) is 33.3 Å². The van der Waals surface area contributed by atoms with Crippen LogP contribution in [-0.2, 0) is 4.79 Å². The van der Waals surface area contributed by atoms with Gasteiger partial charge < -0.3 is 14.8 Å². The lowest BCUT2D eigenvalue weighted by molar-refractivity contribution is -0.112. The summed E-state index contributed by atoms with van der Waals surface area (Å²) in [6, 6.07) is 10.4. The lowest BCUT2D eigenvalue weighted by Gasteiger charge is -2.17. The third-order valence-corrected chi connectivity index (χ3v) is 5.03. The summed E-state index contributed by atoms with van der Waals surface area (Å²) in [6.45, 7) is 5.72. The summed E-state index contributed by atoms with van der Waals surface area (Å²) in [7, 11) is 1.50. The van der Waals surface area contributed by atoms with Gasteiger partial charge in [-0.2, -0.15) is 5.26 Å². The fourth-order valence-electron chi connectivity index (χ4n) is 2.47. The number of amides is 1. The van der Waals surface area contributed by atoms with Crippen LogP contribution in [0, 0.1) is 18.3 Å². The predicted octanol–water partition coefficient (Wildman–Crippen LogP) is 6.03. The Hall–Kier alpha value is -2.68. The highest BCUT2D eigenvalue weighted by Gasteiger charge is 2.16. The molecule has 0 fully saturated rings. The molecule has 0 heterocycles. The molecule has 0 bridgehead atoms. The third-order valence-electron chi connectivity index (χ3n) is 4.34. The minimum atomic E-state index is -0.548. The van der Waals surface area contributed by atoms with Gasteiger partial charge in [-0.25, -0.2) is 0 Å². The molecule has 0 aliphatic carbocycles. The van der Waals surface area contributed by atoms with E-state index in [4.69, 9.17) is 32.7 Å². The molecule has 0 aromatic heterocycles. The topological polar surface area (TPSA) is 71.3 Å². The van der Waals surface area contributed by atoms with Crippen LogP contribution in [0.4, 0.5) is 5.69 Å². The van der Waals surface area contributed by atoms with Crippen molar-refractivity contribution in [1.29, 1.82) is 5.26 Å². The van der Waals surface area contributed by atoms with Gasteiger partial charge in [0, 0.05) is 10.7 Å². The van der Waals surface area contributed by atoms with Gasteiger partial charge in [-0.15, -0.1) is 0 Å². The van der Waals surface area contributed by atoms with Gasteiger partial charge in [0.2, 0.25) is 0 Å². The predicted molar refractivity (Wildman–Crippen MR) is 117 cm³/mol. The third kappa shape index (κ3) is 5.66. The molecule has 0 aliphatic rings. The number of carbonyl (C=O) groups is 1. The second kappa shape index (κ2) is 10.2. The van der Waals surface area contributed by atoms with Crippen LogP contribution in [0.2, 0.25) is 10.0 Å². The number of hydrogen-bond acceptors (Lipinski definition) is 4. The van der Waals surface area contributed by atoms with Gasteiger partial charge in [0.25, 0.3) is 5.91 Å². The molecule has 0 unspecified atom stereocenters. The molecule has 1 atom stereocenters. The molecule has 2 aromatic carbocycles. The molecule has 0 radical (unpaired) electrons. The van der Waals surface area contributed by atoms with Crippen molar-refractivity contribution < 1.29 is 14.3 Å². The number of methoxy groups -OCH3 is 1. The van der Waals surface area contributed by atoms with Crippen molar-refractivity contribution in [3.05, 3.63) is 57.1 Å². The van der Waals surface area contributed by atoms with E-state index in [1.165, 1.54) is 13.2 Å². The molecule has 0 saturated heterocycles. The molecule has 5 nitrogen and oxygen atoms in total. The molecule has 7 heteroatoms. The number of rotatable bonds is 7. The summed E-state index contributed by atoms with van der Waals surface area (Å²) < 4.78 is 11.2. The van der Waals surface area contributed by atoms with Gasteiger partial charge in [0.15, 0.2) is 11.5 Å². The first-order chi connectivity index (χ1) is 13.8. The van der Waals surface area contributed by atoms with Crippen molar-refractivity contribution in [2.24, 2.45) is 0 Å². The number of hydrogen-bond donors (Lipinski definition) is 1. The molecule has 2 rings (SSSR count). The molecule has 2 aromatic rings. The van der Waals surface area contributed by atoms with Crippen molar-refractivity contribution >= 4 is 40.9 Å². The average Bonchev–Trinajstić information content (AvgIpc) is 2.70. The Bertz CT molecular complexity index is 981. The first-order valence-corrected chi connectivity index (χ1v) is 9.78. The number of nitrogens with one attached hydrogen (secondary N) is 1. The van der Waals surface area contributed by atoms with Crippen LogP contribution in [-0.4, -0.2) is 19.1 Å². The summed E-state index contributed by atoms with van der Waals surface area (Å²) in [5, 5.41) is 13.0. The molecule has 1 N–H and O–H groups in total. The fraction of sp³-hybridized carbons (Fsp3) is 0.273. The number of anilines is 1. The van der Waals surface area contributed by atoms with E-state index >= 15 is 0 Å². The van der Waals surface area contributed by atoms with Crippen LogP contribution in [0.1, 0.15) is 31.4 Å². The van der Waals surface area contributed by atoms with E-state index in [0.29, 0.717) is 32.8 Å². The lowest BCUT2D eigenvalue weighted by atomic mass is 10.1. The van der Waals surface area contributed by atoms with E-state index in [-0.39, 0.29) is 11.7 Å². The van der Waals surface area contributed by atoms with Crippen LogP contribution in [0.15, 0.2) is 35.9 Å². The zero-order valence-electron chi connectivity index (χ0n) is 16.7. The smallest absolute Gasteiger partial charge is 0.266 e. The minimum Gasteiger partial charge on any atom is -0.493 e. The van der Waals surface area contributed by atoms with Crippen molar-refractivity contribution in [3.8, 4) is 17.6 Å². The normalized spacial score (nSPS) is 12.1. The molecule has 0 spiro atoms. The number of nitrogens with zero attached hydrogens (tertiary/aromatic N) is 1. The van der Waals surface area contributed by atoms with Crippen molar-refractivity contribution in [3.63, 3.8) is 0 Å². The number of benzene rings is 2. The number of halogens is 2. The van der Waals surface area contributed by atoms with Crippen LogP contribution in [0.25, 0.3) is 6.08 Å². The molecule has 1 amide bonds. The Morgan fingerprint density at radius 2 is 2.03 bits per heavy atom. The zero-order valence-corrected chi connectivity index (χ0v) is 18.2. The molecule has 0 aliphatic heterocycles. The van der Waals surface area contributed by atoms with Crippen LogP contribution < -0.4 is 14.8 Å². The Labute approximate surface area is 180 Å². The SMILES string of the molecule is CC[C@@H](C)Oc1c(Cl)cc(/C=C(/C#N)C(=O)Nc2cccc(Cl)c2C)cc1OC. The number of ether oxygens (including phenoxy) is 2. The Balaban J connectivity index is 2.34. The average molecular weight is 433 g/mol. The second-order valence-electron chi connectivity index (χ2n) is 6.41. The lowest BCUT2D eigenvalue weighted by Crippen LogP contribution is -2.14. The highest BCUT2D eigenvalue weighted by atomic mass is 35.5. The van der Waals surface area contributed by atoms with E-state index in [1.54, 1.807) is 37.3 Å². The number of carbonyl (C=O) groups excluding carboxylic acids is 1. The maximum absolute atomic E-state index is 12.6. The van der Waals surface area contributed by atoms with Crippen LogP contribution in [0.3, 0.4) is 0 Å². The maximum Gasteiger partial charge on any atom is 0.266 e. The summed E-state index contributed by atoms with van der Waals surface area (Å²) in [6.07, 6.45) is 2.21. The summed E-state index contributed by atoms with van der Waals surface area (Å²) in [5.41, 5.74) is 1.71. The monoisotopic (exact) mass is 432 g/mol. The maximum atomic E-state index is 12.6. The van der Waals surface area contributed by atoms with E-state index in [1.807, 2.05) is 19.9 Å². The van der Waals surface area contributed by atoms with E-state index < -0.39 is 5.91 Å². The van der Waals surface area contributed by atoms with E-state index in [2.05, 4.69) is 5.32 Å². The Morgan fingerprint density at radius 1 is 1.31 bits per heavy atom. The first-order valence-electron chi connectivity index (χ1n) is 9.03. The van der Waals surface area contributed by atoms with E-state index in [9.17, 15) is 10.1 Å². The van der Waals surface area contributed by atoms with Gasteiger partial charge in [-0.1, -0.05) is 36.2 Å². The Kier molecular flexibility index (Phi) is 7.95. The summed E-state index contributed by atoms with van der Waals surface area (Å²) in [5.74, 6) is 0.304. The van der Waals surface area contributed by atoms with Gasteiger partial charge in [0.05, 0.1) is 18.2 Å². The molecule has 152 valence electrons. The Morgan fingerprint density at radius 3 is 2.66 bits per heavy atom. The van der Waals surface area contributed by atoms with Gasteiger partial charge in [0.1, 0.15) is 11.6 Å². The van der Waals surface area contributed by atoms with Crippen LogP contribution >= 0.6 is 23.2 Å². The molecule has 0 saturated carbocycles. The van der Waals surface area contributed by atoms with Crippen molar-refractivity contribution in [1.82, 2.24) is 0 Å². The van der Waals surface area contributed by atoms with Crippen molar-refractivity contribution in [2.75, 3.05) is 12.4 Å². The largest absolute Gasteiger partial charge is 0.493 e. The highest BCUT2D eigenvalue weighted by Crippen LogP contribution is 2.38. The quantitative estimate of drug-likeness (QED) is 0.427. The second-order valence-corrected chi connectivity index (χ2v) is 7.22.